The van der Waals surface area contributed by atoms with Crippen LogP contribution in [0.4, 0.5) is 5.69 Å². The van der Waals surface area contributed by atoms with Crippen LogP contribution < -0.4 is 4.31 Å². The molecule has 2 heterocycles. The van der Waals surface area contributed by atoms with E-state index in [1.54, 1.807) is 13.8 Å². The Balaban J connectivity index is 2.11. The van der Waals surface area contributed by atoms with Gasteiger partial charge in [-0.15, -0.1) is 0 Å². The molecule has 0 atom stereocenters. The minimum Gasteiger partial charge on any atom is -0.273 e. The Kier molecular flexibility index (Phi) is 3.91. The molecule has 0 aliphatic carbocycles. The van der Waals surface area contributed by atoms with E-state index in [0.29, 0.717) is 22.2 Å². The van der Waals surface area contributed by atoms with Crippen molar-refractivity contribution in [2.75, 3.05) is 23.1 Å². The van der Waals surface area contributed by atoms with E-state index in [-0.39, 0.29) is 29.3 Å². The van der Waals surface area contributed by atoms with E-state index < -0.39 is 26.0 Å². The molecular formula is C14H17N3O5S2. The fourth-order valence-electron chi connectivity index (χ4n) is 2.82. The molecule has 1 fully saturated rings. The number of sulfonamides is 2. The molecule has 0 N–H and O–H groups in total. The Morgan fingerprint density at radius 1 is 1.21 bits per heavy atom. The predicted octanol–water partition coefficient (Wildman–Crippen LogP) is 0.484. The fraction of sp³-hybridized carbons (Fsp3) is 0.429. The van der Waals surface area contributed by atoms with Crippen LogP contribution in [0.2, 0.25) is 0 Å². The molecule has 3 rings (SSSR count). The normalized spacial score (nSPS) is 20.6. The molecule has 1 amide bonds. The number of hydrogen-bond donors (Lipinski definition) is 0. The van der Waals surface area contributed by atoms with Gasteiger partial charge in [0.25, 0.3) is 10.0 Å². The van der Waals surface area contributed by atoms with Gasteiger partial charge >= 0.3 is 0 Å². The van der Waals surface area contributed by atoms with E-state index in [9.17, 15) is 21.6 Å². The van der Waals surface area contributed by atoms with Crippen LogP contribution in [0.25, 0.3) is 0 Å². The number of hydrogen-bond acceptors (Lipinski definition) is 6. The van der Waals surface area contributed by atoms with Gasteiger partial charge in [0.2, 0.25) is 15.9 Å². The fourth-order valence-corrected chi connectivity index (χ4v) is 5.98. The van der Waals surface area contributed by atoms with Gasteiger partial charge in [0.1, 0.15) is 5.84 Å². The first-order valence-electron chi connectivity index (χ1n) is 7.35. The highest BCUT2D eigenvalue weighted by molar-refractivity contribution is 7.94. The first-order valence-corrected chi connectivity index (χ1v) is 10.4. The van der Waals surface area contributed by atoms with Gasteiger partial charge in [-0.25, -0.2) is 21.1 Å². The van der Waals surface area contributed by atoms with Gasteiger partial charge in [-0.1, -0.05) is 6.07 Å². The standard InChI is InChI=1S/C14H17N3O5S2/c1-10-3-4-12(17-14(18)5-8-23(17,19)20)9-13(10)24(21,22)16-7-6-15-11(16)2/h3-4,9H,5-8H2,1-2H3. The molecule has 1 saturated heterocycles. The molecule has 1 aromatic rings. The second kappa shape index (κ2) is 5.55. The zero-order valence-corrected chi connectivity index (χ0v) is 14.9. The predicted molar refractivity (Wildman–Crippen MR) is 88.9 cm³/mol. The number of benzene rings is 1. The second-order valence-electron chi connectivity index (χ2n) is 5.68. The average molecular weight is 371 g/mol. The third-order valence-corrected chi connectivity index (χ3v) is 7.77. The van der Waals surface area contributed by atoms with Gasteiger partial charge in [-0.3, -0.25) is 14.1 Å². The van der Waals surface area contributed by atoms with Crippen LogP contribution >= 0.6 is 0 Å². The zero-order valence-electron chi connectivity index (χ0n) is 13.3. The smallest absolute Gasteiger partial charge is 0.265 e. The summed E-state index contributed by atoms with van der Waals surface area (Å²) >= 11 is 0. The number of anilines is 1. The molecule has 10 heteroatoms. The SMILES string of the molecule is CC1=NCCN1S(=O)(=O)c1cc(N2C(=O)CCS2(=O)=O)ccc1C. The lowest BCUT2D eigenvalue weighted by molar-refractivity contribution is -0.116. The maximum absolute atomic E-state index is 12.9. The van der Waals surface area contributed by atoms with Crippen LogP contribution in [0, 0.1) is 6.92 Å². The minimum atomic E-state index is -3.86. The molecule has 0 saturated carbocycles. The molecule has 24 heavy (non-hydrogen) atoms. The van der Waals surface area contributed by atoms with E-state index in [1.165, 1.54) is 22.5 Å². The summed E-state index contributed by atoms with van der Waals surface area (Å²) < 4.78 is 51.7. The number of rotatable bonds is 3. The molecule has 0 spiro atoms. The van der Waals surface area contributed by atoms with Crippen LogP contribution in [0.1, 0.15) is 18.9 Å². The molecule has 2 aliphatic rings. The average Bonchev–Trinajstić information content (AvgIpc) is 3.04. The van der Waals surface area contributed by atoms with Crippen molar-refractivity contribution >= 4 is 37.5 Å². The first kappa shape index (κ1) is 16.9. The van der Waals surface area contributed by atoms with Gasteiger partial charge < -0.3 is 0 Å². The van der Waals surface area contributed by atoms with Crippen molar-refractivity contribution < 1.29 is 21.6 Å². The van der Waals surface area contributed by atoms with Crippen molar-refractivity contribution in [1.29, 1.82) is 0 Å². The first-order chi connectivity index (χ1) is 11.1. The van der Waals surface area contributed by atoms with Gasteiger partial charge in [0, 0.05) is 6.42 Å². The lowest BCUT2D eigenvalue weighted by Gasteiger charge is -2.21. The van der Waals surface area contributed by atoms with Crippen molar-refractivity contribution in [3.8, 4) is 0 Å². The minimum absolute atomic E-state index is 0.0219. The van der Waals surface area contributed by atoms with E-state index in [2.05, 4.69) is 4.99 Å². The highest BCUT2D eigenvalue weighted by atomic mass is 32.2. The summed E-state index contributed by atoms with van der Waals surface area (Å²) in [7, 11) is -7.60. The van der Waals surface area contributed by atoms with Crippen molar-refractivity contribution in [2.45, 2.75) is 25.2 Å². The van der Waals surface area contributed by atoms with Gasteiger partial charge in [-0.05, 0) is 31.5 Å². The summed E-state index contributed by atoms with van der Waals surface area (Å²) in [5, 5.41) is 0. The summed E-state index contributed by atoms with van der Waals surface area (Å²) in [6.07, 6.45) is -0.101. The molecule has 2 aliphatic heterocycles. The Hall–Kier alpha value is -1.94. The quantitative estimate of drug-likeness (QED) is 0.769. The third kappa shape index (κ3) is 2.59. The highest BCUT2D eigenvalue weighted by Crippen LogP contribution is 2.30. The Morgan fingerprint density at radius 2 is 1.92 bits per heavy atom. The van der Waals surface area contributed by atoms with Gasteiger partial charge in [-0.2, -0.15) is 0 Å². The number of nitrogens with zero attached hydrogens (tertiary/aromatic N) is 3. The van der Waals surface area contributed by atoms with Crippen molar-refractivity contribution in [3.63, 3.8) is 0 Å². The maximum Gasteiger partial charge on any atom is 0.265 e. The number of aryl methyl sites for hydroxylation is 1. The largest absolute Gasteiger partial charge is 0.273 e. The molecule has 0 bridgehead atoms. The van der Waals surface area contributed by atoms with Crippen LogP contribution in [-0.2, 0) is 24.8 Å². The van der Waals surface area contributed by atoms with Gasteiger partial charge in [0.05, 0.1) is 29.4 Å². The molecule has 8 nitrogen and oxygen atoms in total. The summed E-state index contributed by atoms with van der Waals surface area (Å²) in [5.74, 6) is -0.426. The number of carbonyl (C=O) groups is 1. The number of amides is 1. The molecule has 1 aromatic carbocycles. The Morgan fingerprint density at radius 3 is 2.46 bits per heavy atom. The molecule has 130 valence electrons. The molecule has 0 radical (unpaired) electrons. The van der Waals surface area contributed by atoms with Crippen LogP contribution in [0.3, 0.4) is 0 Å². The monoisotopic (exact) mass is 371 g/mol. The van der Waals surface area contributed by atoms with Gasteiger partial charge in [0.15, 0.2) is 0 Å². The maximum atomic E-state index is 12.9. The number of aliphatic imine (C=N–C) groups is 1. The van der Waals surface area contributed by atoms with E-state index in [1.807, 2.05) is 0 Å². The van der Waals surface area contributed by atoms with Crippen LogP contribution in [0.15, 0.2) is 28.1 Å². The lowest BCUT2D eigenvalue weighted by atomic mass is 10.2. The Labute approximate surface area is 140 Å². The molecule has 0 unspecified atom stereocenters. The van der Waals surface area contributed by atoms with E-state index >= 15 is 0 Å². The second-order valence-corrected chi connectivity index (χ2v) is 9.45. The Bertz CT molecular complexity index is 951. The molecule has 0 aromatic heterocycles. The topological polar surface area (TPSA) is 104 Å². The van der Waals surface area contributed by atoms with Crippen LogP contribution in [-0.4, -0.2) is 51.7 Å². The third-order valence-electron chi connectivity index (χ3n) is 4.06. The summed E-state index contributed by atoms with van der Waals surface area (Å²) in [6, 6.07) is 4.20. The summed E-state index contributed by atoms with van der Waals surface area (Å²) in [4.78, 5) is 16.0. The summed E-state index contributed by atoms with van der Waals surface area (Å²) in [6.45, 7) is 3.87. The van der Waals surface area contributed by atoms with Crippen LogP contribution in [0.5, 0.6) is 0 Å². The van der Waals surface area contributed by atoms with E-state index in [4.69, 9.17) is 0 Å². The van der Waals surface area contributed by atoms with Crippen molar-refractivity contribution in [3.05, 3.63) is 23.8 Å². The number of amidine groups is 1. The zero-order chi connectivity index (χ0) is 17.7. The van der Waals surface area contributed by atoms with E-state index in [0.717, 1.165) is 0 Å². The van der Waals surface area contributed by atoms with Crippen molar-refractivity contribution in [1.82, 2.24) is 4.31 Å². The number of carbonyl (C=O) groups excluding carboxylic acids is 1. The lowest BCUT2D eigenvalue weighted by Crippen LogP contribution is -2.34. The molecular weight excluding hydrogens is 354 g/mol. The highest BCUT2D eigenvalue weighted by Gasteiger charge is 2.37. The van der Waals surface area contributed by atoms with Crippen molar-refractivity contribution in [2.24, 2.45) is 4.99 Å². The summed E-state index contributed by atoms with van der Waals surface area (Å²) in [5.41, 5.74) is 0.526.